The topological polar surface area (TPSA) is 47.1 Å². The van der Waals surface area contributed by atoms with Gasteiger partial charge in [-0.05, 0) is 50.8 Å². The highest BCUT2D eigenvalue weighted by molar-refractivity contribution is 6.12. The summed E-state index contributed by atoms with van der Waals surface area (Å²) in [5, 5.41) is 3.64. The van der Waals surface area contributed by atoms with Crippen molar-refractivity contribution >= 4 is 38.5 Å². The quantitative estimate of drug-likeness (QED) is 0.585. The van der Waals surface area contributed by atoms with Crippen LogP contribution < -0.4 is 5.73 Å². The van der Waals surface area contributed by atoms with Gasteiger partial charge in [-0.15, -0.1) is 0 Å². The van der Waals surface area contributed by atoms with E-state index < -0.39 is 0 Å². The van der Waals surface area contributed by atoms with E-state index in [1.807, 2.05) is 18.2 Å². The van der Waals surface area contributed by atoms with E-state index in [4.69, 9.17) is 10.7 Å². The molecule has 0 amide bonds. The Morgan fingerprint density at radius 1 is 1.08 bits per heavy atom. The van der Waals surface area contributed by atoms with Crippen molar-refractivity contribution in [2.45, 2.75) is 13.5 Å². The lowest BCUT2D eigenvalue weighted by molar-refractivity contribution is 0.389. The predicted octanol–water partition coefficient (Wildman–Crippen LogP) is 3.79. The molecule has 0 unspecified atom stereocenters. The minimum absolute atomic E-state index is 0.781. The van der Waals surface area contributed by atoms with Crippen molar-refractivity contribution in [1.29, 1.82) is 0 Å². The molecule has 24 heavy (non-hydrogen) atoms. The Kier molecular flexibility index (Phi) is 3.43. The van der Waals surface area contributed by atoms with Crippen LogP contribution >= 0.6 is 0 Å². The van der Waals surface area contributed by atoms with E-state index in [9.17, 15) is 0 Å². The number of fused-ring (bicyclic) bond motifs is 4. The molecule has 4 heteroatoms. The minimum atomic E-state index is 0.781. The average Bonchev–Trinajstić information content (AvgIpc) is 2.87. The Morgan fingerprint density at radius 3 is 2.67 bits per heavy atom. The van der Waals surface area contributed by atoms with Crippen LogP contribution in [0.1, 0.15) is 5.56 Å². The standard InChI is InChI=1S/C20H22N4/c1-13-16-12-14(21)8-9-17(16)22-20-19(13)15-6-4-5-7-18(15)24(20)11-10-23(2)3/h4-9,12H,10-11,21H2,1-3H3. The first-order chi connectivity index (χ1) is 11.6. The molecule has 2 heterocycles. The molecule has 4 nitrogen and oxygen atoms in total. The van der Waals surface area contributed by atoms with E-state index in [-0.39, 0.29) is 0 Å². The van der Waals surface area contributed by atoms with Crippen LogP contribution in [0.4, 0.5) is 5.69 Å². The second kappa shape index (κ2) is 5.49. The lowest BCUT2D eigenvalue weighted by Gasteiger charge is -2.12. The number of para-hydroxylation sites is 1. The molecule has 0 aliphatic rings. The van der Waals surface area contributed by atoms with Crippen LogP contribution in [0.25, 0.3) is 32.8 Å². The fourth-order valence-corrected chi connectivity index (χ4v) is 3.50. The molecule has 0 atom stereocenters. The van der Waals surface area contributed by atoms with E-state index >= 15 is 0 Å². The van der Waals surface area contributed by atoms with Crippen molar-refractivity contribution in [2.24, 2.45) is 0 Å². The number of pyridine rings is 1. The lowest BCUT2D eigenvalue weighted by atomic mass is 10.0. The van der Waals surface area contributed by atoms with E-state index in [0.29, 0.717) is 0 Å². The molecule has 4 aromatic rings. The highest BCUT2D eigenvalue weighted by Crippen LogP contribution is 2.34. The maximum Gasteiger partial charge on any atom is 0.142 e. The summed E-state index contributed by atoms with van der Waals surface area (Å²) in [6.07, 6.45) is 0. The number of nitrogens with two attached hydrogens (primary N) is 1. The molecule has 4 rings (SSSR count). The van der Waals surface area contributed by atoms with Crippen molar-refractivity contribution in [3.63, 3.8) is 0 Å². The normalized spacial score (nSPS) is 12.0. The molecule has 0 saturated heterocycles. The van der Waals surface area contributed by atoms with Crippen molar-refractivity contribution < 1.29 is 0 Å². The molecule has 0 aliphatic carbocycles. The number of anilines is 1. The van der Waals surface area contributed by atoms with E-state index in [1.165, 1.54) is 21.9 Å². The number of nitrogen functional groups attached to an aromatic ring is 1. The van der Waals surface area contributed by atoms with Gasteiger partial charge in [0.25, 0.3) is 0 Å². The highest BCUT2D eigenvalue weighted by Gasteiger charge is 2.16. The first-order valence-electron chi connectivity index (χ1n) is 8.28. The first kappa shape index (κ1) is 15.0. The average molecular weight is 318 g/mol. The Morgan fingerprint density at radius 2 is 1.88 bits per heavy atom. The summed E-state index contributed by atoms with van der Waals surface area (Å²) >= 11 is 0. The molecule has 0 bridgehead atoms. The Hall–Kier alpha value is -2.59. The number of benzene rings is 2. The van der Waals surface area contributed by atoms with Crippen LogP contribution in [0, 0.1) is 6.92 Å². The number of hydrogen-bond acceptors (Lipinski definition) is 3. The van der Waals surface area contributed by atoms with Gasteiger partial charge in [-0.1, -0.05) is 18.2 Å². The van der Waals surface area contributed by atoms with Gasteiger partial charge in [0.1, 0.15) is 5.65 Å². The van der Waals surface area contributed by atoms with E-state index in [2.05, 4.69) is 54.8 Å². The fourth-order valence-electron chi connectivity index (χ4n) is 3.50. The summed E-state index contributed by atoms with van der Waals surface area (Å²) in [5.41, 5.74) is 11.3. The third-order valence-electron chi connectivity index (χ3n) is 4.74. The molecule has 0 fully saturated rings. The van der Waals surface area contributed by atoms with Gasteiger partial charge < -0.3 is 15.2 Å². The monoisotopic (exact) mass is 318 g/mol. The van der Waals surface area contributed by atoms with Crippen LogP contribution in [0.2, 0.25) is 0 Å². The zero-order valence-electron chi connectivity index (χ0n) is 14.4. The zero-order valence-corrected chi connectivity index (χ0v) is 14.4. The predicted molar refractivity (Wildman–Crippen MR) is 102 cm³/mol. The second-order valence-electron chi connectivity index (χ2n) is 6.68. The molecule has 2 N–H and O–H groups in total. The maximum atomic E-state index is 6.00. The molecule has 2 aromatic heterocycles. The van der Waals surface area contributed by atoms with Gasteiger partial charge in [0, 0.05) is 34.9 Å². The lowest BCUT2D eigenvalue weighted by Crippen LogP contribution is -2.18. The third kappa shape index (κ3) is 2.22. The van der Waals surface area contributed by atoms with E-state index in [0.717, 1.165) is 35.3 Å². The Balaban J connectivity index is 2.12. The summed E-state index contributed by atoms with van der Waals surface area (Å²) in [5.74, 6) is 0. The fraction of sp³-hybridized carbons (Fsp3) is 0.250. The molecule has 0 radical (unpaired) electrons. The Labute approximate surface area is 141 Å². The van der Waals surface area contributed by atoms with Crippen LogP contribution in [-0.4, -0.2) is 35.1 Å². The largest absolute Gasteiger partial charge is 0.399 e. The van der Waals surface area contributed by atoms with Gasteiger partial charge in [-0.3, -0.25) is 0 Å². The van der Waals surface area contributed by atoms with Gasteiger partial charge >= 0.3 is 0 Å². The number of nitrogens with zero attached hydrogens (tertiary/aromatic N) is 3. The van der Waals surface area contributed by atoms with Crippen molar-refractivity contribution in [1.82, 2.24) is 14.5 Å². The molecule has 2 aromatic carbocycles. The van der Waals surface area contributed by atoms with E-state index in [1.54, 1.807) is 0 Å². The summed E-state index contributed by atoms with van der Waals surface area (Å²) in [4.78, 5) is 7.19. The van der Waals surface area contributed by atoms with Gasteiger partial charge in [-0.2, -0.15) is 0 Å². The van der Waals surface area contributed by atoms with Gasteiger partial charge in [0.05, 0.1) is 11.0 Å². The van der Waals surface area contributed by atoms with Gasteiger partial charge in [-0.25, -0.2) is 4.98 Å². The highest BCUT2D eigenvalue weighted by atomic mass is 15.1. The number of aromatic nitrogens is 2. The molecule has 122 valence electrons. The third-order valence-corrected chi connectivity index (χ3v) is 4.74. The smallest absolute Gasteiger partial charge is 0.142 e. The number of hydrogen-bond donors (Lipinski definition) is 1. The zero-order chi connectivity index (χ0) is 16.8. The molecule has 0 aliphatic heterocycles. The van der Waals surface area contributed by atoms with Crippen LogP contribution in [0.3, 0.4) is 0 Å². The molecule has 0 saturated carbocycles. The second-order valence-corrected chi connectivity index (χ2v) is 6.68. The summed E-state index contributed by atoms with van der Waals surface area (Å²) in [6.45, 7) is 4.08. The number of likely N-dealkylation sites (N-methyl/N-ethyl adjacent to an activating group) is 1. The van der Waals surface area contributed by atoms with Crippen LogP contribution in [0.15, 0.2) is 42.5 Å². The van der Waals surface area contributed by atoms with Crippen molar-refractivity contribution in [3.05, 3.63) is 48.0 Å². The minimum Gasteiger partial charge on any atom is -0.399 e. The molecular formula is C20H22N4. The summed E-state index contributed by atoms with van der Waals surface area (Å²) < 4.78 is 2.34. The van der Waals surface area contributed by atoms with Gasteiger partial charge in [0.2, 0.25) is 0 Å². The number of aryl methyl sites for hydroxylation is 1. The van der Waals surface area contributed by atoms with Crippen LogP contribution in [0.5, 0.6) is 0 Å². The SMILES string of the molecule is Cc1c2cc(N)ccc2nc2c1c1ccccc1n2CCN(C)C. The first-order valence-corrected chi connectivity index (χ1v) is 8.28. The van der Waals surface area contributed by atoms with Gasteiger partial charge in [0.15, 0.2) is 0 Å². The molecule has 0 spiro atoms. The van der Waals surface area contributed by atoms with Crippen LogP contribution in [-0.2, 0) is 6.54 Å². The van der Waals surface area contributed by atoms with Crippen molar-refractivity contribution in [3.8, 4) is 0 Å². The summed E-state index contributed by atoms with van der Waals surface area (Å²) in [7, 11) is 4.20. The summed E-state index contributed by atoms with van der Waals surface area (Å²) in [6, 6.07) is 14.5. The number of rotatable bonds is 3. The molecular weight excluding hydrogens is 296 g/mol. The Bertz CT molecular complexity index is 1060. The van der Waals surface area contributed by atoms with Crippen molar-refractivity contribution in [2.75, 3.05) is 26.4 Å². The maximum absolute atomic E-state index is 6.00.